The predicted molar refractivity (Wildman–Crippen MR) is 102 cm³/mol. The summed E-state index contributed by atoms with van der Waals surface area (Å²) < 4.78 is 30.7. The van der Waals surface area contributed by atoms with Crippen LogP contribution < -0.4 is 0 Å². The van der Waals surface area contributed by atoms with Gasteiger partial charge in [-0.25, -0.2) is 13.8 Å². The lowest BCUT2D eigenvalue weighted by Gasteiger charge is -2.19. The number of nitrogens with zero attached hydrogens (tertiary/aromatic N) is 1. The average Bonchev–Trinajstić information content (AvgIpc) is 3.25. The summed E-state index contributed by atoms with van der Waals surface area (Å²) in [4.78, 5) is 36.0. The number of para-hydroxylation sites is 1. The van der Waals surface area contributed by atoms with Crippen molar-refractivity contribution >= 4 is 28.7 Å². The molecule has 0 saturated carbocycles. The molecule has 29 heavy (non-hydrogen) atoms. The van der Waals surface area contributed by atoms with Crippen molar-refractivity contribution in [2.24, 2.45) is 0 Å². The van der Waals surface area contributed by atoms with E-state index in [4.69, 9.17) is 9.15 Å². The van der Waals surface area contributed by atoms with E-state index in [0.29, 0.717) is 16.5 Å². The number of hydrogen-bond donors (Lipinski definition) is 0. The van der Waals surface area contributed by atoms with Gasteiger partial charge in [0.25, 0.3) is 0 Å². The van der Waals surface area contributed by atoms with E-state index < -0.39 is 35.7 Å². The first-order valence-corrected chi connectivity index (χ1v) is 8.82. The van der Waals surface area contributed by atoms with Crippen molar-refractivity contribution in [1.29, 1.82) is 0 Å². The highest BCUT2D eigenvalue weighted by atomic mass is 19.1. The number of fused-ring (bicyclic) bond motifs is 1. The summed E-state index contributed by atoms with van der Waals surface area (Å²) in [5.41, 5.74) is 0.227. The Morgan fingerprint density at radius 1 is 1.21 bits per heavy atom. The number of carbonyl (C=O) groups excluding carboxylic acids is 3. The number of rotatable bonds is 4. The van der Waals surface area contributed by atoms with Crippen molar-refractivity contribution in [2.75, 3.05) is 7.11 Å². The second kappa shape index (κ2) is 7.54. The molecule has 0 aliphatic heterocycles. The van der Waals surface area contributed by atoms with Crippen LogP contribution in [0.5, 0.6) is 0 Å². The summed E-state index contributed by atoms with van der Waals surface area (Å²) >= 11 is 0. The average molecular weight is 401 g/mol. The van der Waals surface area contributed by atoms with E-state index in [1.165, 1.54) is 37.8 Å². The summed E-state index contributed by atoms with van der Waals surface area (Å²) in [6.45, 7) is 5.13. The molecule has 0 spiro atoms. The van der Waals surface area contributed by atoms with Crippen LogP contribution in [0.25, 0.3) is 22.0 Å². The van der Waals surface area contributed by atoms with Gasteiger partial charge in [0.15, 0.2) is 5.76 Å². The molecule has 3 rings (SSSR count). The summed E-state index contributed by atoms with van der Waals surface area (Å²) in [7, 11) is 1.18. The fourth-order valence-electron chi connectivity index (χ4n) is 2.84. The van der Waals surface area contributed by atoms with Crippen LogP contribution >= 0.6 is 0 Å². The molecule has 0 aliphatic carbocycles. The van der Waals surface area contributed by atoms with Crippen molar-refractivity contribution in [3.8, 4) is 11.1 Å². The number of aromatic nitrogens is 1. The fraction of sp³-hybridized carbons (Fsp3) is 0.286. The fourth-order valence-corrected chi connectivity index (χ4v) is 2.84. The van der Waals surface area contributed by atoms with Crippen LogP contribution in [0.15, 0.2) is 41.1 Å². The van der Waals surface area contributed by atoms with Gasteiger partial charge in [-0.2, -0.15) is 0 Å². The van der Waals surface area contributed by atoms with E-state index in [-0.39, 0.29) is 11.3 Å². The van der Waals surface area contributed by atoms with Gasteiger partial charge in [-0.3, -0.25) is 9.59 Å². The lowest BCUT2D eigenvalue weighted by molar-refractivity contribution is -0.139. The van der Waals surface area contributed by atoms with Crippen molar-refractivity contribution in [3.63, 3.8) is 0 Å². The summed E-state index contributed by atoms with van der Waals surface area (Å²) in [6, 6.07) is 5.85. The maximum Gasteiger partial charge on any atom is 0.419 e. The zero-order valence-corrected chi connectivity index (χ0v) is 16.4. The molecule has 2 heterocycles. The molecule has 0 N–H and O–H groups in total. The molecule has 7 nitrogen and oxygen atoms in total. The van der Waals surface area contributed by atoms with Crippen LogP contribution in [0.1, 0.15) is 37.7 Å². The minimum Gasteiger partial charge on any atom is -0.469 e. The molecular formula is C21H20FNO6. The third kappa shape index (κ3) is 4.21. The molecule has 0 saturated heterocycles. The van der Waals surface area contributed by atoms with Crippen LogP contribution in [0.4, 0.5) is 9.18 Å². The van der Waals surface area contributed by atoms with Crippen molar-refractivity contribution < 1.29 is 32.7 Å². The second-order valence-electron chi connectivity index (χ2n) is 7.40. The normalized spacial score (nSPS) is 11.5. The Balaban J connectivity index is 2.05. The number of Topliss-reactive ketones (excluding diaryl/α,β-unsaturated/α-hetero) is 1. The first kappa shape index (κ1) is 20.3. The monoisotopic (exact) mass is 401 g/mol. The lowest BCUT2D eigenvalue weighted by atomic mass is 10.1. The Morgan fingerprint density at radius 2 is 1.93 bits per heavy atom. The number of esters is 1. The lowest BCUT2D eigenvalue weighted by Crippen LogP contribution is -2.26. The third-order valence-electron chi connectivity index (χ3n) is 4.08. The van der Waals surface area contributed by atoms with E-state index in [9.17, 15) is 18.8 Å². The first-order chi connectivity index (χ1) is 13.6. The Kier molecular flexibility index (Phi) is 5.28. The number of halogens is 1. The maximum absolute atomic E-state index is 14.5. The van der Waals surface area contributed by atoms with Crippen molar-refractivity contribution in [3.05, 3.63) is 48.3 Å². The molecule has 1 aromatic carbocycles. The molecule has 0 fully saturated rings. The van der Waals surface area contributed by atoms with Crippen molar-refractivity contribution in [1.82, 2.24) is 4.57 Å². The van der Waals surface area contributed by atoms with E-state index in [0.717, 1.165) is 4.57 Å². The summed E-state index contributed by atoms with van der Waals surface area (Å²) in [5.74, 6) is -1.87. The van der Waals surface area contributed by atoms with Gasteiger partial charge in [-0.15, -0.1) is 0 Å². The molecule has 0 bridgehead atoms. The Labute approximate surface area is 166 Å². The topological polar surface area (TPSA) is 87.7 Å². The van der Waals surface area contributed by atoms with Gasteiger partial charge >= 0.3 is 12.1 Å². The Morgan fingerprint density at radius 3 is 2.59 bits per heavy atom. The summed E-state index contributed by atoms with van der Waals surface area (Å²) in [5, 5.41) is 0.448. The molecule has 2 aromatic heterocycles. The highest BCUT2D eigenvalue weighted by Crippen LogP contribution is 2.34. The molecular weight excluding hydrogens is 381 g/mol. The Bertz CT molecular complexity index is 1100. The zero-order valence-electron chi connectivity index (χ0n) is 16.4. The molecule has 0 amide bonds. The van der Waals surface area contributed by atoms with E-state index in [1.54, 1.807) is 26.8 Å². The smallest absolute Gasteiger partial charge is 0.419 e. The number of carbonyl (C=O) groups is 3. The largest absolute Gasteiger partial charge is 0.469 e. The van der Waals surface area contributed by atoms with Gasteiger partial charge in [0.05, 0.1) is 18.9 Å². The minimum atomic E-state index is -0.762. The van der Waals surface area contributed by atoms with Gasteiger partial charge in [0, 0.05) is 22.7 Å². The molecule has 0 atom stereocenters. The molecule has 3 aromatic rings. The van der Waals surface area contributed by atoms with Crippen LogP contribution in [0, 0.1) is 5.82 Å². The predicted octanol–water partition coefficient (Wildman–Crippen LogP) is 4.57. The number of furan rings is 1. The molecule has 0 unspecified atom stereocenters. The molecule has 0 radical (unpaired) electrons. The first-order valence-electron chi connectivity index (χ1n) is 8.82. The number of benzene rings is 1. The molecule has 8 heteroatoms. The minimum absolute atomic E-state index is 0.0417. The third-order valence-corrected chi connectivity index (χ3v) is 4.08. The number of ketones is 1. The van der Waals surface area contributed by atoms with Crippen LogP contribution in [0.2, 0.25) is 0 Å². The SMILES string of the molecule is COC(=O)CC(=O)c1cc(-c2cn(C(=O)OC(C)(C)C)c3c(F)cccc23)co1. The van der Waals surface area contributed by atoms with E-state index in [1.807, 2.05) is 0 Å². The van der Waals surface area contributed by atoms with E-state index in [2.05, 4.69) is 4.74 Å². The number of hydrogen-bond acceptors (Lipinski definition) is 6. The van der Waals surface area contributed by atoms with Crippen LogP contribution in [-0.2, 0) is 14.3 Å². The van der Waals surface area contributed by atoms with Crippen LogP contribution in [0.3, 0.4) is 0 Å². The second-order valence-corrected chi connectivity index (χ2v) is 7.40. The zero-order chi connectivity index (χ0) is 21.3. The van der Waals surface area contributed by atoms with Gasteiger partial charge in [-0.05, 0) is 32.9 Å². The van der Waals surface area contributed by atoms with Gasteiger partial charge in [0.1, 0.15) is 17.8 Å². The maximum atomic E-state index is 14.5. The highest BCUT2D eigenvalue weighted by molar-refractivity contribution is 6.06. The summed E-state index contributed by atoms with van der Waals surface area (Å²) in [6.07, 6.45) is 1.55. The highest BCUT2D eigenvalue weighted by Gasteiger charge is 2.24. The van der Waals surface area contributed by atoms with E-state index >= 15 is 0 Å². The number of ether oxygens (including phenoxy) is 2. The Hall–Kier alpha value is -3.42. The van der Waals surface area contributed by atoms with Gasteiger partial charge in [-0.1, -0.05) is 12.1 Å². The molecule has 0 aliphatic rings. The molecule has 152 valence electrons. The van der Waals surface area contributed by atoms with Crippen molar-refractivity contribution in [2.45, 2.75) is 32.8 Å². The van der Waals surface area contributed by atoms with Crippen LogP contribution in [-0.4, -0.2) is 35.1 Å². The number of methoxy groups -OCH3 is 1. The quantitative estimate of drug-likeness (QED) is 0.362. The standard InChI is InChI=1S/C21H20FNO6/c1-21(2,3)29-20(26)23-10-14(13-6-5-7-15(22)19(13)23)12-8-17(28-11-12)16(24)9-18(25)27-4/h5-8,10-11H,9H2,1-4H3. The van der Waals surface area contributed by atoms with Gasteiger partial charge in [0.2, 0.25) is 5.78 Å². The van der Waals surface area contributed by atoms with Gasteiger partial charge < -0.3 is 13.9 Å².